The van der Waals surface area contributed by atoms with Crippen LogP contribution in [0.5, 0.6) is 11.5 Å². The molecule has 2 rings (SSSR count). The van der Waals surface area contributed by atoms with Gasteiger partial charge in [0.05, 0.1) is 19.9 Å². The molecule has 0 radical (unpaired) electrons. The van der Waals surface area contributed by atoms with Crippen molar-refractivity contribution in [1.29, 1.82) is 0 Å². The third-order valence-electron chi connectivity index (χ3n) is 3.10. The predicted octanol–water partition coefficient (Wildman–Crippen LogP) is 1.50. The molecule has 0 saturated carbocycles. The van der Waals surface area contributed by atoms with Crippen molar-refractivity contribution in [2.24, 2.45) is 7.05 Å². The Labute approximate surface area is 125 Å². The van der Waals surface area contributed by atoms with E-state index in [1.807, 2.05) is 0 Å². The number of hydrogen-bond donors (Lipinski definition) is 2. The number of aromatic carboxylic acids is 2. The first-order chi connectivity index (χ1) is 10.4. The maximum Gasteiger partial charge on any atom is 0.356 e. The molecular weight excluding hydrogens is 292 g/mol. The molecule has 1 aromatic heterocycles. The van der Waals surface area contributed by atoms with E-state index in [0.29, 0.717) is 11.3 Å². The first kappa shape index (κ1) is 15.4. The van der Waals surface area contributed by atoms with Gasteiger partial charge in [-0.15, -0.1) is 0 Å². The first-order valence-electron chi connectivity index (χ1n) is 6.16. The molecule has 22 heavy (non-hydrogen) atoms. The molecule has 0 spiro atoms. The van der Waals surface area contributed by atoms with Gasteiger partial charge in [-0.25, -0.2) is 9.59 Å². The second-order valence-corrected chi connectivity index (χ2v) is 4.41. The topological polar surface area (TPSA) is 111 Å². The summed E-state index contributed by atoms with van der Waals surface area (Å²) in [6.07, 6.45) is 0. The van der Waals surface area contributed by atoms with E-state index in [0.717, 1.165) is 0 Å². The lowest BCUT2D eigenvalue weighted by molar-refractivity contribution is 0.0680. The summed E-state index contributed by atoms with van der Waals surface area (Å²) in [5.41, 5.74) is 0.678. The van der Waals surface area contributed by atoms with Gasteiger partial charge < -0.3 is 19.7 Å². The van der Waals surface area contributed by atoms with E-state index in [9.17, 15) is 14.7 Å². The molecule has 0 aliphatic rings. The number of aryl methyl sites for hydroxylation is 1. The molecule has 0 saturated heterocycles. The highest BCUT2D eigenvalue weighted by Gasteiger charge is 2.21. The largest absolute Gasteiger partial charge is 0.493 e. The fraction of sp³-hybridized carbons (Fsp3) is 0.214. The van der Waals surface area contributed by atoms with E-state index in [1.54, 1.807) is 13.1 Å². The Morgan fingerprint density at radius 3 is 2.23 bits per heavy atom. The Hall–Kier alpha value is -3.03. The number of benzene rings is 1. The molecule has 0 amide bonds. The van der Waals surface area contributed by atoms with E-state index in [4.69, 9.17) is 14.6 Å². The van der Waals surface area contributed by atoms with Crippen LogP contribution in [0.1, 0.15) is 20.8 Å². The zero-order valence-corrected chi connectivity index (χ0v) is 12.2. The van der Waals surface area contributed by atoms with Crippen LogP contribution < -0.4 is 9.47 Å². The van der Waals surface area contributed by atoms with Crippen LogP contribution in [0.25, 0.3) is 11.3 Å². The van der Waals surface area contributed by atoms with Crippen LogP contribution in [0.15, 0.2) is 18.2 Å². The number of ether oxygens (including phenoxy) is 2. The van der Waals surface area contributed by atoms with Crippen LogP contribution in [0, 0.1) is 0 Å². The Kier molecular flexibility index (Phi) is 4.02. The molecule has 8 nitrogen and oxygen atoms in total. The number of carbonyl (C=O) groups is 2. The SMILES string of the molecule is COc1cc(-c2cc(C(=O)O)nn2C)cc(C(=O)O)c1OC. The highest BCUT2D eigenvalue weighted by Crippen LogP contribution is 2.36. The Morgan fingerprint density at radius 2 is 1.77 bits per heavy atom. The quantitative estimate of drug-likeness (QED) is 0.861. The Balaban J connectivity index is 2.68. The zero-order valence-electron chi connectivity index (χ0n) is 12.2. The Bertz CT molecular complexity index is 750. The molecule has 1 heterocycles. The molecule has 0 aliphatic carbocycles. The number of hydrogen-bond acceptors (Lipinski definition) is 5. The van der Waals surface area contributed by atoms with Gasteiger partial charge in [-0.1, -0.05) is 0 Å². The molecule has 0 fully saturated rings. The number of carboxylic acid groups (broad SMARTS) is 2. The average Bonchev–Trinajstić information content (AvgIpc) is 2.87. The Morgan fingerprint density at radius 1 is 1.09 bits per heavy atom. The monoisotopic (exact) mass is 306 g/mol. The normalized spacial score (nSPS) is 10.3. The second kappa shape index (κ2) is 5.76. The van der Waals surface area contributed by atoms with Crippen LogP contribution in [-0.2, 0) is 7.05 Å². The fourth-order valence-electron chi connectivity index (χ4n) is 2.11. The maximum atomic E-state index is 11.4. The summed E-state index contributed by atoms with van der Waals surface area (Å²) in [6.45, 7) is 0. The molecule has 0 unspecified atom stereocenters. The zero-order chi connectivity index (χ0) is 16.4. The second-order valence-electron chi connectivity index (χ2n) is 4.41. The van der Waals surface area contributed by atoms with E-state index in [2.05, 4.69) is 5.10 Å². The highest BCUT2D eigenvalue weighted by molar-refractivity contribution is 5.94. The lowest BCUT2D eigenvalue weighted by Gasteiger charge is -2.13. The van der Waals surface area contributed by atoms with Gasteiger partial charge in [0.25, 0.3) is 0 Å². The van der Waals surface area contributed by atoms with Crippen molar-refractivity contribution >= 4 is 11.9 Å². The maximum absolute atomic E-state index is 11.4. The molecular formula is C14H14N2O6. The van der Waals surface area contributed by atoms with Gasteiger partial charge in [0.2, 0.25) is 0 Å². The van der Waals surface area contributed by atoms with Crippen molar-refractivity contribution in [3.63, 3.8) is 0 Å². The van der Waals surface area contributed by atoms with Crippen LogP contribution in [0.4, 0.5) is 0 Å². The van der Waals surface area contributed by atoms with Crippen molar-refractivity contribution in [2.45, 2.75) is 0 Å². The third-order valence-corrected chi connectivity index (χ3v) is 3.10. The number of carboxylic acids is 2. The van der Waals surface area contributed by atoms with Crippen molar-refractivity contribution < 1.29 is 29.3 Å². The molecule has 0 bridgehead atoms. The smallest absolute Gasteiger partial charge is 0.356 e. The van der Waals surface area contributed by atoms with E-state index in [1.165, 1.54) is 31.0 Å². The van der Waals surface area contributed by atoms with Gasteiger partial charge in [-0.2, -0.15) is 5.10 Å². The van der Waals surface area contributed by atoms with Gasteiger partial charge >= 0.3 is 11.9 Å². The minimum atomic E-state index is -1.18. The van der Waals surface area contributed by atoms with E-state index < -0.39 is 11.9 Å². The number of aromatic nitrogens is 2. The van der Waals surface area contributed by atoms with Crippen LogP contribution in [0.3, 0.4) is 0 Å². The van der Waals surface area contributed by atoms with E-state index >= 15 is 0 Å². The first-order valence-corrected chi connectivity index (χ1v) is 6.16. The lowest BCUT2D eigenvalue weighted by atomic mass is 10.1. The molecule has 0 aliphatic heterocycles. The molecule has 0 atom stereocenters. The molecule has 116 valence electrons. The van der Waals surface area contributed by atoms with Crippen LogP contribution in [-0.4, -0.2) is 46.2 Å². The van der Waals surface area contributed by atoms with Gasteiger partial charge in [-0.3, -0.25) is 4.68 Å². The minimum Gasteiger partial charge on any atom is -0.493 e. The van der Waals surface area contributed by atoms with Crippen LogP contribution >= 0.6 is 0 Å². The predicted molar refractivity (Wildman–Crippen MR) is 75.7 cm³/mol. The molecule has 2 N–H and O–H groups in total. The summed E-state index contributed by atoms with van der Waals surface area (Å²) in [7, 11) is 4.30. The summed E-state index contributed by atoms with van der Waals surface area (Å²) < 4.78 is 11.6. The summed E-state index contributed by atoms with van der Waals surface area (Å²) >= 11 is 0. The fourth-order valence-corrected chi connectivity index (χ4v) is 2.11. The van der Waals surface area contributed by atoms with Gasteiger partial charge in [-0.05, 0) is 18.2 Å². The number of methoxy groups -OCH3 is 2. The van der Waals surface area contributed by atoms with Gasteiger partial charge in [0, 0.05) is 12.6 Å². The van der Waals surface area contributed by atoms with Gasteiger partial charge in [0.15, 0.2) is 17.2 Å². The van der Waals surface area contributed by atoms with E-state index in [-0.39, 0.29) is 22.8 Å². The molecule has 8 heteroatoms. The molecule has 2 aromatic rings. The average molecular weight is 306 g/mol. The van der Waals surface area contributed by atoms with Crippen molar-refractivity contribution in [3.8, 4) is 22.8 Å². The summed E-state index contributed by atoms with van der Waals surface area (Å²) in [5.74, 6) is -2.02. The standard InChI is InChI=1S/C14H14N2O6/c1-16-10(6-9(15-16)14(19)20)7-4-8(13(17)18)12(22-3)11(5-7)21-2/h4-6H,1-3H3,(H,17,18)(H,19,20). The van der Waals surface area contributed by atoms with Crippen molar-refractivity contribution in [1.82, 2.24) is 9.78 Å². The number of rotatable bonds is 5. The summed E-state index contributed by atoms with van der Waals surface area (Å²) in [5, 5.41) is 22.1. The van der Waals surface area contributed by atoms with Crippen molar-refractivity contribution in [2.75, 3.05) is 14.2 Å². The highest BCUT2D eigenvalue weighted by atomic mass is 16.5. The summed E-state index contributed by atoms with van der Waals surface area (Å²) in [4.78, 5) is 22.4. The lowest BCUT2D eigenvalue weighted by Crippen LogP contribution is -2.04. The summed E-state index contributed by atoms with van der Waals surface area (Å²) in [6, 6.07) is 4.30. The third kappa shape index (κ3) is 2.58. The van der Waals surface area contributed by atoms with Crippen molar-refractivity contribution in [3.05, 3.63) is 29.5 Å². The van der Waals surface area contributed by atoms with Gasteiger partial charge in [0.1, 0.15) is 5.56 Å². The number of nitrogens with zero attached hydrogens (tertiary/aromatic N) is 2. The minimum absolute atomic E-state index is 0.0880. The van der Waals surface area contributed by atoms with Crippen LogP contribution in [0.2, 0.25) is 0 Å². The molecule has 1 aromatic carbocycles.